The number of nitrogens with zero attached hydrogens (tertiary/aromatic N) is 2. The van der Waals surface area contributed by atoms with Crippen LogP contribution in [-0.4, -0.2) is 15.9 Å². The summed E-state index contributed by atoms with van der Waals surface area (Å²) in [6.45, 7) is 2.00. The molecule has 0 spiro atoms. The zero-order valence-corrected chi connectivity index (χ0v) is 14.0. The Kier molecular flexibility index (Phi) is 3.14. The van der Waals surface area contributed by atoms with Crippen molar-refractivity contribution in [2.45, 2.75) is 38.0 Å². The number of ether oxygens (including phenoxy) is 1. The van der Waals surface area contributed by atoms with E-state index in [9.17, 15) is 4.79 Å². The maximum atomic E-state index is 12.4. The summed E-state index contributed by atoms with van der Waals surface area (Å²) in [7, 11) is 0. The second kappa shape index (κ2) is 5.38. The summed E-state index contributed by atoms with van der Waals surface area (Å²) in [4.78, 5) is 22.1. The first-order chi connectivity index (χ1) is 12.2. The van der Waals surface area contributed by atoms with Crippen LogP contribution in [0.3, 0.4) is 0 Å². The van der Waals surface area contributed by atoms with E-state index in [0.717, 1.165) is 22.3 Å². The first-order valence-corrected chi connectivity index (χ1v) is 8.78. The van der Waals surface area contributed by atoms with Crippen LogP contribution in [0.4, 0.5) is 0 Å². The SMILES string of the molecule is Cc1ccc(OC(=O)c2ccc3nc4c(nc3c2)C2CCC4C2)cc1. The normalized spacial score (nSPS) is 20.7. The number of aromatic nitrogens is 2. The molecule has 0 aliphatic heterocycles. The Morgan fingerprint density at radius 3 is 2.36 bits per heavy atom. The summed E-state index contributed by atoms with van der Waals surface area (Å²) < 4.78 is 5.46. The van der Waals surface area contributed by atoms with Crippen molar-refractivity contribution in [1.29, 1.82) is 0 Å². The highest BCUT2D eigenvalue weighted by Crippen LogP contribution is 2.51. The molecule has 3 aromatic rings. The topological polar surface area (TPSA) is 52.1 Å². The fraction of sp³-hybridized carbons (Fsp3) is 0.286. The average molecular weight is 330 g/mol. The summed E-state index contributed by atoms with van der Waals surface area (Å²) in [5.41, 5.74) is 5.60. The number of aryl methyl sites for hydroxylation is 1. The quantitative estimate of drug-likeness (QED) is 0.512. The van der Waals surface area contributed by atoms with Crippen molar-refractivity contribution in [3.63, 3.8) is 0 Å². The van der Waals surface area contributed by atoms with Crippen molar-refractivity contribution in [2.75, 3.05) is 0 Å². The van der Waals surface area contributed by atoms with Crippen molar-refractivity contribution in [1.82, 2.24) is 9.97 Å². The summed E-state index contributed by atoms with van der Waals surface area (Å²) in [6, 6.07) is 12.9. The molecule has 1 saturated carbocycles. The zero-order chi connectivity index (χ0) is 17.0. The molecule has 1 fully saturated rings. The Hall–Kier alpha value is -2.75. The third-order valence-corrected chi connectivity index (χ3v) is 5.39. The van der Waals surface area contributed by atoms with Crippen molar-refractivity contribution < 1.29 is 9.53 Å². The van der Waals surface area contributed by atoms with Crippen LogP contribution in [0.1, 0.15) is 58.4 Å². The minimum Gasteiger partial charge on any atom is -0.423 e. The fourth-order valence-electron chi connectivity index (χ4n) is 4.06. The van der Waals surface area contributed by atoms with Crippen LogP contribution >= 0.6 is 0 Å². The number of rotatable bonds is 2. The lowest BCUT2D eigenvalue weighted by molar-refractivity contribution is 0.0735. The van der Waals surface area contributed by atoms with E-state index in [1.165, 1.54) is 25.0 Å². The molecular formula is C21H18N2O2. The number of hydrogen-bond acceptors (Lipinski definition) is 4. The lowest BCUT2D eigenvalue weighted by Gasteiger charge is -2.14. The number of carbonyl (C=O) groups is 1. The molecule has 0 saturated heterocycles. The van der Waals surface area contributed by atoms with E-state index in [1.807, 2.05) is 25.1 Å². The van der Waals surface area contributed by atoms with Crippen molar-refractivity contribution in [3.8, 4) is 5.75 Å². The van der Waals surface area contributed by atoms with Gasteiger partial charge in [0.1, 0.15) is 5.75 Å². The summed E-state index contributed by atoms with van der Waals surface area (Å²) in [5.74, 6) is 1.32. The highest BCUT2D eigenvalue weighted by atomic mass is 16.5. The highest BCUT2D eigenvalue weighted by molar-refractivity contribution is 5.94. The average Bonchev–Trinajstić information content (AvgIpc) is 3.23. The Labute approximate surface area is 145 Å². The summed E-state index contributed by atoms with van der Waals surface area (Å²) in [6.07, 6.45) is 3.64. The Bertz CT molecular complexity index is 995. The molecule has 25 heavy (non-hydrogen) atoms. The van der Waals surface area contributed by atoms with Gasteiger partial charge in [-0.3, -0.25) is 0 Å². The van der Waals surface area contributed by atoms with E-state index in [4.69, 9.17) is 14.7 Å². The molecule has 2 aliphatic carbocycles. The molecule has 1 aromatic heterocycles. The number of carbonyl (C=O) groups excluding carboxylic acids is 1. The summed E-state index contributed by atoms with van der Waals surface area (Å²) in [5, 5.41) is 0. The number of esters is 1. The van der Waals surface area contributed by atoms with Crippen molar-refractivity contribution in [2.24, 2.45) is 0 Å². The second-order valence-corrected chi connectivity index (χ2v) is 7.11. The number of hydrogen-bond donors (Lipinski definition) is 0. The zero-order valence-electron chi connectivity index (χ0n) is 14.0. The molecule has 2 unspecified atom stereocenters. The third kappa shape index (κ3) is 2.40. The molecule has 1 heterocycles. The molecule has 124 valence electrons. The smallest absolute Gasteiger partial charge is 0.343 e. The molecule has 0 amide bonds. The first kappa shape index (κ1) is 14.6. The van der Waals surface area contributed by atoms with Gasteiger partial charge in [-0.25, -0.2) is 14.8 Å². The van der Waals surface area contributed by atoms with Crippen molar-refractivity contribution in [3.05, 3.63) is 65.0 Å². The maximum absolute atomic E-state index is 12.4. The van der Waals surface area contributed by atoms with Crippen LogP contribution in [0, 0.1) is 6.92 Å². The molecule has 5 rings (SSSR count). The predicted octanol–water partition coefficient (Wildman–Crippen LogP) is 4.52. The van der Waals surface area contributed by atoms with E-state index in [2.05, 4.69) is 0 Å². The van der Waals surface area contributed by atoms with Gasteiger partial charge in [-0.1, -0.05) is 17.7 Å². The van der Waals surface area contributed by atoms with Crippen molar-refractivity contribution >= 4 is 17.0 Å². The van der Waals surface area contributed by atoms with E-state index < -0.39 is 0 Å². The lowest BCUT2D eigenvalue weighted by atomic mass is 10.00. The van der Waals surface area contributed by atoms with E-state index in [1.54, 1.807) is 24.3 Å². The van der Waals surface area contributed by atoms with E-state index in [-0.39, 0.29) is 5.97 Å². The third-order valence-electron chi connectivity index (χ3n) is 5.39. The monoisotopic (exact) mass is 330 g/mol. The van der Waals surface area contributed by atoms with Crippen LogP contribution in [0.25, 0.3) is 11.0 Å². The van der Waals surface area contributed by atoms with Gasteiger partial charge in [-0.15, -0.1) is 0 Å². The molecule has 0 N–H and O–H groups in total. The molecule has 2 atom stereocenters. The van der Waals surface area contributed by atoms with Gasteiger partial charge in [0.2, 0.25) is 0 Å². The Morgan fingerprint density at radius 1 is 0.960 bits per heavy atom. The molecular weight excluding hydrogens is 312 g/mol. The van der Waals surface area contributed by atoms with Gasteiger partial charge in [0, 0.05) is 11.8 Å². The Morgan fingerprint density at radius 2 is 1.64 bits per heavy atom. The molecule has 2 bridgehead atoms. The van der Waals surface area contributed by atoms with Crippen LogP contribution in [0.2, 0.25) is 0 Å². The fourth-order valence-corrected chi connectivity index (χ4v) is 4.06. The van der Waals surface area contributed by atoms with Gasteiger partial charge in [-0.05, 0) is 56.5 Å². The van der Waals surface area contributed by atoms with E-state index in [0.29, 0.717) is 23.1 Å². The largest absolute Gasteiger partial charge is 0.423 e. The molecule has 0 radical (unpaired) electrons. The van der Waals surface area contributed by atoms with E-state index >= 15 is 0 Å². The van der Waals surface area contributed by atoms with Crippen LogP contribution in [-0.2, 0) is 0 Å². The van der Waals surface area contributed by atoms with Gasteiger partial charge in [0.15, 0.2) is 0 Å². The molecule has 4 heteroatoms. The van der Waals surface area contributed by atoms with Crippen LogP contribution in [0.5, 0.6) is 5.75 Å². The predicted molar refractivity (Wildman–Crippen MR) is 95.0 cm³/mol. The molecule has 4 nitrogen and oxygen atoms in total. The Balaban J connectivity index is 1.48. The number of fused-ring (bicyclic) bond motifs is 6. The van der Waals surface area contributed by atoms with Gasteiger partial charge in [0.25, 0.3) is 0 Å². The molecule has 2 aromatic carbocycles. The van der Waals surface area contributed by atoms with Crippen LogP contribution < -0.4 is 4.74 Å². The van der Waals surface area contributed by atoms with Gasteiger partial charge in [-0.2, -0.15) is 0 Å². The first-order valence-electron chi connectivity index (χ1n) is 8.78. The number of benzene rings is 2. The minimum atomic E-state index is -0.366. The standard InChI is InChI=1S/C21H18N2O2/c1-12-2-7-16(8-3-12)25-21(24)15-6-9-17-18(11-15)23-20-14-5-4-13(10-14)19(20)22-17/h2-3,6-9,11,13-14H,4-5,10H2,1H3. The maximum Gasteiger partial charge on any atom is 0.343 e. The van der Waals surface area contributed by atoms with Crippen LogP contribution in [0.15, 0.2) is 42.5 Å². The van der Waals surface area contributed by atoms with Gasteiger partial charge < -0.3 is 4.74 Å². The minimum absolute atomic E-state index is 0.366. The highest BCUT2D eigenvalue weighted by Gasteiger charge is 2.39. The second-order valence-electron chi connectivity index (χ2n) is 7.11. The lowest BCUT2D eigenvalue weighted by Crippen LogP contribution is -2.09. The molecule has 2 aliphatic rings. The summed E-state index contributed by atoms with van der Waals surface area (Å²) >= 11 is 0. The van der Waals surface area contributed by atoms with Gasteiger partial charge >= 0.3 is 5.97 Å². The van der Waals surface area contributed by atoms with Gasteiger partial charge in [0.05, 0.1) is 28.0 Å².